The van der Waals surface area contributed by atoms with Gasteiger partial charge in [-0.2, -0.15) is 21.6 Å². The molecule has 0 atom stereocenters. The zero-order valence-corrected chi connectivity index (χ0v) is 12.9. The first-order chi connectivity index (χ1) is 10.7. The summed E-state index contributed by atoms with van der Waals surface area (Å²) in [6.45, 7) is 0. The minimum atomic E-state index is -5.65. The maximum Gasteiger partial charge on any atom is 0.534 e. The molecule has 0 spiro atoms. The lowest BCUT2D eigenvalue weighted by atomic mass is 10.2. The fraction of sp³-hybridized carbons (Fsp3) is 0.357. The second-order valence-electron chi connectivity index (χ2n) is 5.38. The lowest BCUT2D eigenvalue weighted by Gasteiger charge is -2.09. The van der Waals surface area contributed by atoms with E-state index in [4.69, 9.17) is 0 Å². The molecule has 1 aliphatic carbocycles. The Bertz CT molecular complexity index is 822. The van der Waals surface area contributed by atoms with Crippen LogP contribution in [0.5, 0.6) is 5.75 Å². The second-order valence-corrected chi connectivity index (χ2v) is 6.91. The Labute approximate surface area is 130 Å². The molecule has 9 heteroatoms. The monoisotopic (exact) mass is 346 g/mol. The van der Waals surface area contributed by atoms with Crippen molar-refractivity contribution in [3.05, 3.63) is 36.3 Å². The van der Waals surface area contributed by atoms with Crippen molar-refractivity contribution < 1.29 is 25.8 Å². The van der Waals surface area contributed by atoms with Crippen molar-refractivity contribution in [2.75, 3.05) is 0 Å². The van der Waals surface area contributed by atoms with Crippen molar-refractivity contribution in [3.63, 3.8) is 0 Å². The SMILES string of the molecule is Cn1cc(-c2ccc(OS(=O)(=O)C(F)(F)F)cc2)nc1C1CC1. The van der Waals surface area contributed by atoms with E-state index in [1.54, 1.807) is 0 Å². The lowest BCUT2D eigenvalue weighted by Crippen LogP contribution is -2.28. The highest BCUT2D eigenvalue weighted by Crippen LogP contribution is 2.40. The standard InChI is InChI=1S/C14H13F3N2O3S/c1-19-8-12(18-13(19)10-2-3-10)9-4-6-11(7-5-9)22-23(20,21)14(15,16)17/h4-8,10H,2-3H2,1H3. The molecule has 5 nitrogen and oxygen atoms in total. The van der Waals surface area contributed by atoms with Crippen LogP contribution in [0.2, 0.25) is 0 Å². The molecule has 1 aromatic carbocycles. The van der Waals surface area contributed by atoms with Gasteiger partial charge < -0.3 is 8.75 Å². The molecule has 23 heavy (non-hydrogen) atoms. The van der Waals surface area contributed by atoms with Crippen LogP contribution in [0.15, 0.2) is 30.5 Å². The summed E-state index contributed by atoms with van der Waals surface area (Å²) in [5, 5.41) is 0. The summed E-state index contributed by atoms with van der Waals surface area (Å²) in [6.07, 6.45) is 4.04. The molecule has 1 aromatic heterocycles. The Balaban J connectivity index is 1.81. The number of benzene rings is 1. The van der Waals surface area contributed by atoms with Gasteiger partial charge in [-0.15, -0.1) is 0 Å². The summed E-state index contributed by atoms with van der Waals surface area (Å²) >= 11 is 0. The number of nitrogens with zero attached hydrogens (tertiary/aromatic N) is 2. The quantitative estimate of drug-likeness (QED) is 0.630. The first-order valence-corrected chi connectivity index (χ1v) is 8.22. The zero-order valence-electron chi connectivity index (χ0n) is 12.0. The van der Waals surface area contributed by atoms with Crippen LogP contribution < -0.4 is 4.18 Å². The Morgan fingerprint density at radius 1 is 1.22 bits per heavy atom. The Morgan fingerprint density at radius 2 is 1.83 bits per heavy atom. The molecule has 0 saturated heterocycles. The van der Waals surface area contributed by atoms with Crippen LogP contribution >= 0.6 is 0 Å². The number of hydrogen-bond acceptors (Lipinski definition) is 4. The number of hydrogen-bond donors (Lipinski definition) is 0. The van der Waals surface area contributed by atoms with Gasteiger partial charge in [0.05, 0.1) is 5.69 Å². The van der Waals surface area contributed by atoms with Crippen molar-refractivity contribution in [3.8, 4) is 17.0 Å². The highest BCUT2D eigenvalue weighted by Gasteiger charge is 2.48. The lowest BCUT2D eigenvalue weighted by molar-refractivity contribution is -0.0500. The van der Waals surface area contributed by atoms with Crippen molar-refractivity contribution in [2.45, 2.75) is 24.3 Å². The normalized spacial score (nSPS) is 15.7. The molecule has 1 saturated carbocycles. The molecule has 0 amide bonds. The van der Waals surface area contributed by atoms with Crippen LogP contribution in [0.1, 0.15) is 24.6 Å². The van der Waals surface area contributed by atoms with E-state index in [1.165, 1.54) is 24.3 Å². The molecule has 0 unspecified atom stereocenters. The average Bonchev–Trinajstić information content (AvgIpc) is 3.21. The Hall–Kier alpha value is -2.03. The van der Waals surface area contributed by atoms with Crippen LogP contribution in [0.4, 0.5) is 13.2 Å². The van der Waals surface area contributed by atoms with Gasteiger partial charge in [0.25, 0.3) is 0 Å². The van der Waals surface area contributed by atoms with Crippen molar-refractivity contribution in [2.24, 2.45) is 7.05 Å². The van der Waals surface area contributed by atoms with Crippen molar-refractivity contribution in [1.82, 2.24) is 9.55 Å². The molecule has 1 heterocycles. The number of alkyl halides is 3. The average molecular weight is 346 g/mol. The molecule has 1 aliphatic rings. The van der Waals surface area contributed by atoms with Gasteiger partial charge in [-0.25, -0.2) is 4.98 Å². The van der Waals surface area contributed by atoms with Crippen LogP contribution in [-0.2, 0) is 17.2 Å². The fourth-order valence-corrected chi connectivity index (χ4v) is 2.65. The second kappa shape index (κ2) is 5.26. The molecule has 3 rings (SSSR count). The van der Waals surface area contributed by atoms with E-state index in [9.17, 15) is 21.6 Å². The predicted molar refractivity (Wildman–Crippen MR) is 76.2 cm³/mol. The minimum absolute atomic E-state index is 0.399. The highest BCUT2D eigenvalue weighted by atomic mass is 32.2. The van der Waals surface area contributed by atoms with Gasteiger partial charge in [0.1, 0.15) is 11.6 Å². The number of aryl methyl sites for hydroxylation is 1. The van der Waals surface area contributed by atoms with E-state index in [0.29, 0.717) is 17.2 Å². The summed E-state index contributed by atoms with van der Waals surface area (Å²) in [5.41, 5.74) is -4.10. The van der Waals surface area contributed by atoms with Gasteiger partial charge in [-0.3, -0.25) is 0 Å². The smallest absolute Gasteiger partial charge is 0.376 e. The number of halogens is 3. The van der Waals surface area contributed by atoms with E-state index in [0.717, 1.165) is 18.7 Å². The molecule has 0 radical (unpaired) electrons. The predicted octanol–water partition coefficient (Wildman–Crippen LogP) is 3.19. The summed E-state index contributed by atoms with van der Waals surface area (Å²) in [7, 11) is -3.77. The number of imidazole rings is 1. The van der Waals surface area contributed by atoms with Gasteiger partial charge in [0.2, 0.25) is 0 Å². The van der Waals surface area contributed by atoms with Crippen LogP contribution in [0.3, 0.4) is 0 Å². The molecule has 0 bridgehead atoms. The van der Waals surface area contributed by atoms with Crippen LogP contribution in [0.25, 0.3) is 11.3 Å². The van der Waals surface area contributed by atoms with Crippen LogP contribution in [0, 0.1) is 0 Å². The van der Waals surface area contributed by atoms with Crippen molar-refractivity contribution >= 4 is 10.1 Å². The van der Waals surface area contributed by atoms with E-state index in [1.807, 2.05) is 17.8 Å². The first-order valence-electron chi connectivity index (χ1n) is 6.82. The van der Waals surface area contributed by atoms with E-state index in [-0.39, 0.29) is 0 Å². The third kappa shape index (κ3) is 3.19. The molecule has 2 aromatic rings. The van der Waals surface area contributed by atoms with Gasteiger partial charge in [0, 0.05) is 24.7 Å². The van der Waals surface area contributed by atoms with E-state index in [2.05, 4.69) is 9.17 Å². The largest absolute Gasteiger partial charge is 0.534 e. The molecular formula is C14H13F3N2O3S. The van der Waals surface area contributed by atoms with Crippen molar-refractivity contribution in [1.29, 1.82) is 0 Å². The molecule has 0 aliphatic heterocycles. The highest BCUT2D eigenvalue weighted by molar-refractivity contribution is 7.88. The van der Waals surface area contributed by atoms with Gasteiger partial charge in [-0.05, 0) is 37.1 Å². The van der Waals surface area contributed by atoms with Gasteiger partial charge in [-0.1, -0.05) is 0 Å². The van der Waals surface area contributed by atoms with Gasteiger partial charge >= 0.3 is 15.6 Å². The summed E-state index contributed by atoms with van der Waals surface area (Å²) in [5.74, 6) is 1.04. The van der Waals surface area contributed by atoms with Gasteiger partial charge in [0.15, 0.2) is 0 Å². The fourth-order valence-electron chi connectivity index (χ4n) is 2.20. The number of rotatable bonds is 4. The maximum absolute atomic E-state index is 12.3. The minimum Gasteiger partial charge on any atom is -0.376 e. The third-order valence-electron chi connectivity index (χ3n) is 3.49. The van der Waals surface area contributed by atoms with E-state index < -0.39 is 21.4 Å². The maximum atomic E-state index is 12.3. The summed E-state index contributed by atoms with van der Waals surface area (Å²) in [6, 6.07) is 5.29. The Kier molecular flexibility index (Phi) is 3.62. The molecule has 1 fully saturated rings. The molecule has 124 valence electrons. The van der Waals surface area contributed by atoms with Crippen LogP contribution in [-0.4, -0.2) is 23.5 Å². The third-order valence-corrected chi connectivity index (χ3v) is 4.47. The number of aromatic nitrogens is 2. The van der Waals surface area contributed by atoms with E-state index >= 15 is 0 Å². The topological polar surface area (TPSA) is 61.2 Å². The first kappa shape index (κ1) is 15.9. The summed E-state index contributed by atoms with van der Waals surface area (Å²) in [4.78, 5) is 4.51. The molecular weight excluding hydrogens is 333 g/mol. The summed E-state index contributed by atoms with van der Waals surface area (Å²) < 4.78 is 64.7. The molecule has 0 N–H and O–H groups in total. The Morgan fingerprint density at radius 3 is 2.35 bits per heavy atom. The zero-order chi connectivity index (χ0) is 16.8.